The Labute approximate surface area is 92.1 Å². The van der Waals surface area contributed by atoms with Gasteiger partial charge < -0.3 is 5.32 Å². The minimum absolute atomic E-state index is 0.312. The van der Waals surface area contributed by atoms with Crippen molar-refractivity contribution in [3.63, 3.8) is 0 Å². The molecule has 1 N–H and O–H groups in total. The van der Waals surface area contributed by atoms with E-state index in [0.29, 0.717) is 25.0 Å². The first-order chi connectivity index (χ1) is 7.15. The van der Waals surface area contributed by atoms with E-state index in [-0.39, 0.29) is 0 Å². The normalized spacial score (nSPS) is 20.2. The second kappa shape index (κ2) is 6.19. The first-order valence-corrected chi connectivity index (χ1v) is 6.46. The van der Waals surface area contributed by atoms with Crippen LogP contribution in [0.25, 0.3) is 0 Å². The second-order valence-electron chi connectivity index (χ2n) is 3.31. The van der Waals surface area contributed by atoms with E-state index < -0.39 is 21.8 Å². The Morgan fingerprint density at radius 2 is 1.69 bits per heavy atom. The summed E-state index contributed by atoms with van der Waals surface area (Å²) in [7, 11) is -2.68. The van der Waals surface area contributed by atoms with Gasteiger partial charge in [0.15, 0.2) is 9.84 Å². The van der Waals surface area contributed by atoms with Crippen LogP contribution in [0.2, 0.25) is 0 Å². The lowest BCUT2D eigenvalue weighted by Gasteiger charge is -1.95. The Kier molecular flexibility index (Phi) is 5.95. The van der Waals surface area contributed by atoms with Gasteiger partial charge in [-0.15, -0.1) is 0 Å². The van der Waals surface area contributed by atoms with Gasteiger partial charge in [-0.25, -0.2) is 8.42 Å². The summed E-state index contributed by atoms with van der Waals surface area (Å²) in [5.74, 6) is -1.08. The molecule has 0 aliphatic carbocycles. The van der Waals surface area contributed by atoms with Crippen molar-refractivity contribution in [3.05, 3.63) is 0 Å². The van der Waals surface area contributed by atoms with Crippen molar-refractivity contribution in [1.82, 2.24) is 5.32 Å². The van der Waals surface area contributed by atoms with E-state index in [2.05, 4.69) is 5.32 Å². The van der Waals surface area contributed by atoms with Gasteiger partial charge >= 0.3 is 6.18 Å². The third kappa shape index (κ3) is 7.63. The minimum Gasteiger partial charge on any atom is -0.316 e. The maximum absolute atomic E-state index is 10.8. The molecule has 0 aromatic carbocycles. The molecule has 1 fully saturated rings. The van der Waals surface area contributed by atoms with E-state index in [9.17, 15) is 26.4 Å². The summed E-state index contributed by atoms with van der Waals surface area (Å²) in [5, 5.41) is 3.02. The molecule has 0 atom stereocenters. The van der Waals surface area contributed by atoms with Gasteiger partial charge in [-0.1, -0.05) is 0 Å². The predicted molar refractivity (Wildman–Crippen MR) is 52.9 cm³/mol. The maximum atomic E-state index is 10.8. The van der Waals surface area contributed by atoms with Crippen LogP contribution in [0.4, 0.5) is 13.2 Å². The highest BCUT2D eigenvalue weighted by Gasteiger charge is 2.33. The molecule has 96 valence electrons. The average Bonchev–Trinajstić information content (AvgIpc) is 2.28. The Morgan fingerprint density at radius 1 is 1.19 bits per heavy atom. The highest BCUT2D eigenvalue weighted by atomic mass is 32.2. The van der Waals surface area contributed by atoms with E-state index in [4.69, 9.17) is 0 Å². The van der Waals surface area contributed by atoms with Crippen molar-refractivity contribution in [2.45, 2.75) is 19.5 Å². The van der Waals surface area contributed by atoms with E-state index in [1.165, 1.54) is 0 Å². The average molecular weight is 261 g/mol. The molecule has 16 heavy (non-hydrogen) atoms. The van der Waals surface area contributed by atoms with Crippen molar-refractivity contribution < 1.29 is 26.4 Å². The highest BCUT2D eigenvalue weighted by Crippen LogP contribution is 2.14. The molecule has 0 radical (unpaired) electrons. The molecular weight excluding hydrogens is 247 g/mol. The van der Waals surface area contributed by atoms with Gasteiger partial charge in [0, 0.05) is 13.5 Å². The molecule has 4 nitrogen and oxygen atoms in total. The molecule has 1 aliphatic rings. The van der Waals surface area contributed by atoms with Crippen molar-refractivity contribution >= 4 is 15.6 Å². The van der Waals surface area contributed by atoms with Crippen molar-refractivity contribution in [3.8, 4) is 0 Å². The van der Waals surface area contributed by atoms with Gasteiger partial charge in [0.2, 0.25) is 5.78 Å². The standard InChI is InChI=1S/C5H11NO2S.C3H3F3O/c7-9(8)4-1-2-6-3-5-9;1-2(7)3(4,5)6/h6H,1-5H2;1H3. The van der Waals surface area contributed by atoms with Crippen LogP contribution in [0.5, 0.6) is 0 Å². The zero-order chi connectivity index (χ0) is 12.8. The molecule has 1 rings (SSSR count). The predicted octanol–water partition coefficient (Wildman–Crippen LogP) is 0.532. The Balaban J connectivity index is 0.000000293. The molecule has 0 saturated carbocycles. The number of nitrogens with one attached hydrogen (secondary N) is 1. The lowest BCUT2D eigenvalue weighted by atomic mass is 10.5. The fourth-order valence-electron chi connectivity index (χ4n) is 0.872. The fraction of sp³-hybridized carbons (Fsp3) is 0.875. The molecule has 0 amide bonds. The van der Waals surface area contributed by atoms with Gasteiger partial charge in [0.25, 0.3) is 0 Å². The molecule has 0 spiro atoms. The molecule has 0 aromatic heterocycles. The SMILES string of the molecule is CC(=O)C(F)(F)F.O=S1(=O)CCCNCC1. The zero-order valence-corrected chi connectivity index (χ0v) is 9.62. The molecule has 8 heteroatoms. The van der Waals surface area contributed by atoms with E-state index >= 15 is 0 Å². The first-order valence-electron chi connectivity index (χ1n) is 4.64. The van der Waals surface area contributed by atoms with Gasteiger partial charge in [-0.2, -0.15) is 13.2 Å². The summed E-state index contributed by atoms with van der Waals surface area (Å²) < 4.78 is 54.1. The van der Waals surface area contributed by atoms with Gasteiger partial charge in [0.1, 0.15) is 0 Å². The van der Waals surface area contributed by atoms with E-state index in [1.54, 1.807) is 0 Å². The lowest BCUT2D eigenvalue weighted by molar-refractivity contribution is -0.168. The summed E-state index contributed by atoms with van der Waals surface area (Å²) in [6, 6.07) is 0. The zero-order valence-electron chi connectivity index (χ0n) is 8.80. The monoisotopic (exact) mass is 261 g/mol. The largest absolute Gasteiger partial charge is 0.449 e. The number of alkyl halides is 3. The van der Waals surface area contributed by atoms with Gasteiger partial charge in [-0.05, 0) is 13.0 Å². The van der Waals surface area contributed by atoms with Crippen LogP contribution >= 0.6 is 0 Å². The van der Waals surface area contributed by atoms with Crippen LogP contribution in [-0.2, 0) is 14.6 Å². The number of carbonyl (C=O) groups excluding carboxylic acids is 1. The van der Waals surface area contributed by atoms with Crippen molar-refractivity contribution in [2.75, 3.05) is 24.6 Å². The lowest BCUT2D eigenvalue weighted by Crippen LogP contribution is -2.18. The van der Waals surface area contributed by atoms with Crippen LogP contribution in [0.1, 0.15) is 13.3 Å². The van der Waals surface area contributed by atoms with Crippen LogP contribution in [0.15, 0.2) is 0 Å². The number of ketones is 1. The minimum atomic E-state index is -4.64. The van der Waals surface area contributed by atoms with Crippen molar-refractivity contribution in [1.29, 1.82) is 0 Å². The number of carbonyl (C=O) groups is 1. The molecule has 0 bridgehead atoms. The Hall–Kier alpha value is -0.630. The van der Waals surface area contributed by atoms with Gasteiger partial charge in [-0.3, -0.25) is 4.79 Å². The number of Topliss-reactive ketones (excluding diaryl/α,β-unsaturated/α-hetero) is 1. The van der Waals surface area contributed by atoms with Crippen LogP contribution in [0, 0.1) is 0 Å². The van der Waals surface area contributed by atoms with Crippen LogP contribution < -0.4 is 5.32 Å². The van der Waals surface area contributed by atoms with Crippen LogP contribution in [0.3, 0.4) is 0 Å². The molecular formula is C8H14F3NO3S. The summed E-state index contributed by atoms with van der Waals surface area (Å²) in [6.07, 6.45) is -3.87. The summed E-state index contributed by atoms with van der Waals surface area (Å²) in [4.78, 5) is 9.34. The topological polar surface area (TPSA) is 63.2 Å². The molecule has 1 saturated heterocycles. The molecule has 1 aliphatic heterocycles. The number of hydrogen-bond donors (Lipinski definition) is 1. The number of halogens is 3. The maximum Gasteiger partial charge on any atom is 0.449 e. The Morgan fingerprint density at radius 3 is 2.12 bits per heavy atom. The highest BCUT2D eigenvalue weighted by molar-refractivity contribution is 7.91. The second-order valence-corrected chi connectivity index (χ2v) is 5.61. The number of hydrogen-bond acceptors (Lipinski definition) is 4. The Bertz CT molecular complexity index is 310. The molecule has 0 unspecified atom stereocenters. The smallest absolute Gasteiger partial charge is 0.316 e. The summed E-state index contributed by atoms with van der Waals surface area (Å²) in [6.45, 7) is 1.96. The quantitative estimate of drug-likeness (QED) is 0.691. The summed E-state index contributed by atoms with van der Waals surface area (Å²) >= 11 is 0. The number of sulfone groups is 1. The van der Waals surface area contributed by atoms with Crippen molar-refractivity contribution in [2.24, 2.45) is 0 Å². The number of rotatable bonds is 0. The third-order valence-corrected chi connectivity index (χ3v) is 3.53. The molecule has 1 heterocycles. The first kappa shape index (κ1) is 15.4. The molecule has 0 aromatic rings. The third-order valence-electron chi connectivity index (χ3n) is 1.80. The van der Waals surface area contributed by atoms with E-state index in [0.717, 1.165) is 13.0 Å². The van der Waals surface area contributed by atoms with Crippen LogP contribution in [-0.4, -0.2) is 45.0 Å². The van der Waals surface area contributed by atoms with E-state index in [1.807, 2.05) is 0 Å². The van der Waals surface area contributed by atoms with Gasteiger partial charge in [0.05, 0.1) is 11.5 Å². The summed E-state index contributed by atoms with van der Waals surface area (Å²) in [5.41, 5.74) is 0. The fourth-order valence-corrected chi connectivity index (χ4v) is 2.12.